The van der Waals surface area contributed by atoms with Gasteiger partial charge in [-0.2, -0.15) is 0 Å². The van der Waals surface area contributed by atoms with Crippen LogP contribution in [0.4, 0.5) is 8.78 Å². The third-order valence-electron chi connectivity index (χ3n) is 3.49. The van der Waals surface area contributed by atoms with E-state index in [2.05, 4.69) is 33.0 Å². The van der Waals surface area contributed by atoms with Crippen LogP contribution < -0.4 is 5.32 Å². The van der Waals surface area contributed by atoms with E-state index in [1.165, 1.54) is 6.07 Å². The molecule has 1 N–H and O–H groups in total. The highest BCUT2D eigenvalue weighted by molar-refractivity contribution is 5.18. The van der Waals surface area contributed by atoms with E-state index in [0.29, 0.717) is 18.0 Å². The zero-order valence-corrected chi connectivity index (χ0v) is 11.0. The van der Waals surface area contributed by atoms with Gasteiger partial charge >= 0.3 is 0 Å². The second-order valence-corrected chi connectivity index (χ2v) is 5.46. The van der Waals surface area contributed by atoms with Crippen LogP contribution in [0.25, 0.3) is 0 Å². The second kappa shape index (κ2) is 5.58. The van der Waals surface area contributed by atoms with Crippen molar-refractivity contribution < 1.29 is 8.78 Å². The van der Waals surface area contributed by atoms with Crippen LogP contribution in [0.5, 0.6) is 0 Å². The van der Waals surface area contributed by atoms with E-state index in [4.69, 9.17) is 0 Å². The van der Waals surface area contributed by atoms with Crippen molar-refractivity contribution in [3.05, 3.63) is 35.4 Å². The Morgan fingerprint density at radius 1 is 1.24 bits per heavy atom. The van der Waals surface area contributed by atoms with Crippen molar-refractivity contribution in [1.82, 2.24) is 5.32 Å². The lowest BCUT2D eigenvalue weighted by Gasteiger charge is -2.29. The molecule has 0 heterocycles. The van der Waals surface area contributed by atoms with Gasteiger partial charge in [-0.05, 0) is 17.4 Å². The number of halogens is 2. The molecular formula is C14H21F2N. The molecule has 0 atom stereocenters. The van der Waals surface area contributed by atoms with Crippen molar-refractivity contribution in [1.29, 1.82) is 0 Å². The largest absolute Gasteiger partial charge is 0.312 e. The Bertz CT molecular complexity index is 372. The van der Waals surface area contributed by atoms with Gasteiger partial charge < -0.3 is 5.32 Å². The first kappa shape index (κ1) is 14.1. The highest BCUT2D eigenvalue weighted by Crippen LogP contribution is 2.24. The summed E-state index contributed by atoms with van der Waals surface area (Å²) in [5.74, 6) is -0.998. The van der Waals surface area contributed by atoms with E-state index >= 15 is 0 Å². The molecule has 1 aromatic rings. The zero-order chi connectivity index (χ0) is 13.1. The van der Waals surface area contributed by atoms with Gasteiger partial charge in [0.1, 0.15) is 0 Å². The first-order valence-corrected chi connectivity index (χ1v) is 5.98. The van der Waals surface area contributed by atoms with E-state index in [1.54, 1.807) is 6.07 Å². The normalized spacial score (nSPS) is 12.2. The van der Waals surface area contributed by atoms with Crippen molar-refractivity contribution in [3.8, 4) is 0 Å². The highest BCUT2D eigenvalue weighted by atomic mass is 19.2. The van der Waals surface area contributed by atoms with Crippen LogP contribution in [0.15, 0.2) is 18.2 Å². The minimum atomic E-state index is -0.785. The van der Waals surface area contributed by atoms with E-state index in [9.17, 15) is 8.78 Å². The first-order chi connectivity index (χ1) is 7.84. The van der Waals surface area contributed by atoms with E-state index in [0.717, 1.165) is 12.6 Å². The lowest BCUT2D eigenvalue weighted by molar-refractivity contribution is 0.237. The fourth-order valence-electron chi connectivity index (χ4n) is 1.41. The summed E-state index contributed by atoms with van der Waals surface area (Å²) >= 11 is 0. The molecule has 0 amide bonds. The van der Waals surface area contributed by atoms with Crippen molar-refractivity contribution in [2.75, 3.05) is 6.54 Å². The van der Waals surface area contributed by atoms with Gasteiger partial charge in [-0.3, -0.25) is 0 Å². The predicted octanol–water partition coefficient (Wildman–Crippen LogP) is 3.74. The predicted molar refractivity (Wildman–Crippen MR) is 66.7 cm³/mol. The molecule has 1 aromatic carbocycles. The van der Waals surface area contributed by atoms with Crippen LogP contribution in [0.3, 0.4) is 0 Å². The Kier molecular flexibility index (Phi) is 4.63. The van der Waals surface area contributed by atoms with Gasteiger partial charge in [-0.1, -0.05) is 39.8 Å². The Morgan fingerprint density at radius 3 is 2.47 bits per heavy atom. The van der Waals surface area contributed by atoms with Gasteiger partial charge in [0.25, 0.3) is 0 Å². The Hall–Kier alpha value is -0.960. The van der Waals surface area contributed by atoms with Gasteiger partial charge in [-0.15, -0.1) is 0 Å². The standard InChI is InChI=1S/C14H21F2N/c1-10(2)14(3,4)9-17-8-11-6-5-7-12(15)13(11)16/h5-7,10,17H,8-9H2,1-4H3. The Balaban J connectivity index is 2.55. The maximum Gasteiger partial charge on any atom is 0.163 e. The van der Waals surface area contributed by atoms with E-state index in [1.807, 2.05) is 0 Å². The molecule has 1 nitrogen and oxygen atoms in total. The van der Waals surface area contributed by atoms with Gasteiger partial charge in [0.15, 0.2) is 11.6 Å². The SMILES string of the molecule is CC(C)C(C)(C)CNCc1cccc(F)c1F. The van der Waals surface area contributed by atoms with Gasteiger partial charge in [0.05, 0.1) is 0 Å². The van der Waals surface area contributed by atoms with Gasteiger partial charge in [-0.25, -0.2) is 8.78 Å². The van der Waals surface area contributed by atoms with Crippen LogP contribution in [0, 0.1) is 23.0 Å². The summed E-state index contributed by atoms with van der Waals surface area (Å²) in [6.07, 6.45) is 0. The number of rotatable bonds is 5. The van der Waals surface area contributed by atoms with Crippen LogP contribution in [0.1, 0.15) is 33.3 Å². The average molecular weight is 241 g/mol. The summed E-state index contributed by atoms with van der Waals surface area (Å²) in [5, 5.41) is 3.18. The topological polar surface area (TPSA) is 12.0 Å². The molecule has 0 radical (unpaired) electrons. The molecule has 0 spiro atoms. The molecule has 0 aliphatic heterocycles. The van der Waals surface area contributed by atoms with Crippen molar-refractivity contribution in [2.45, 2.75) is 34.2 Å². The number of benzene rings is 1. The van der Waals surface area contributed by atoms with Gasteiger partial charge in [0, 0.05) is 18.7 Å². The highest BCUT2D eigenvalue weighted by Gasteiger charge is 2.21. The quantitative estimate of drug-likeness (QED) is 0.828. The van der Waals surface area contributed by atoms with Crippen LogP contribution in [-0.4, -0.2) is 6.54 Å². The van der Waals surface area contributed by atoms with Crippen LogP contribution in [0.2, 0.25) is 0 Å². The fourth-order valence-corrected chi connectivity index (χ4v) is 1.41. The molecule has 0 bridgehead atoms. The Morgan fingerprint density at radius 2 is 1.88 bits per heavy atom. The Labute approximate surface area is 102 Å². The minimum Gasteiger partial charge on any atom is -0.312 e. The molecule has 0 saturated heterocycles. The molecule has 0 saturated carbocycles. The molecule has 0 fully saturated rings. The van der Waals surface area contributed by atoms with Crippen molar-refractivity contribution in [3.63, 3.8) is 0 Å². The van der Waals surface area contributed by atoms with Gasteiger partial charge in [0.2, 0.25) is 0 Å². The molecule has 3 heteroatoms. The molecule has 0 aliphatic carbocycles. The molecule has 17 heavy (non-hydrogen) atoms. The third kappa shape index (κ3) is 3.77. The summed E-state index contributed by atoms with van der Waals surface area (Å²) in [6.45, 7) is 9.77. The summed E-state index contributed by atoms with van der Waals surface area (Å²) < 4.78 is 26.3. The van der Waals surface area contributed by atoms with Crippen LogP contribution >= 0.6 is 0 Å². The number of hydrogen-bond acceptors (Lipinski definition) is 1. The number of nitrogens with one attached hydrogen (secondary N) is 1. The maximum atomic E-state index is 13.4. The maximum absolute atomic E-state index is 13.4. The number of hydrogen-bond donors (Lipinski definition) is 1. The van der Waals surface area contributed by atoms with Crippen molar-refractivity contribution >= 4 is 0 Å². The molecule has 0 unspecified atom stereocenters. The monoisotopic (exact) mass is 241 g/mol. The summed E-state index contributed by atoms with van der Waals surface area (Å²) in [4.78, 5) is 0. The molecule has 0 aliphatic rings. The summed E-state index contributed by atoms with van der Waals surface area (Å²) in [6, 6.07) is 4.27. The zero-order valence-electron chi connectivity index (χ0n) is 11.0. The molecular weight excluding hydrogens is 220 g/mol. The van der Waals surface area contributed by atoms with Crippen LogP contribution in [-0.2, 0) is 6.54 Å². The second-order valence-electron chi connectivity index (χ2n) is 5.46. The molecule has 96 valence electrons. The summed E-state index contributed by atoms with van der Waals surface area (Å²) in [7, 11) is 0. The van der Waals surface area contributed by atoms with E-state index in [-0.39, 0.29) is 5.41 Å². The lowest BCUT2D eigenvalue weighted by Crippen LogP contribution is -2.33. The van der Waals surface area contributed by atoms with Crippen molar-refractivity contribution in [2.24, 2.45) is 11.3 Å². The third-order valence-corrected chi connectivity index (χ3v) is 3.49. The first-order valence-electron chi connectivity index (χ1n) is 5.98. The minimum absolute atomic E-state index is 0.143. The molecule has 0 aromatic heterocycles. The average Bonchev–Trinajstić information content (AvgIpc) is 2.24. The fraction of sp³-hybridized carbons (Fsp3) is 0.571. The smallest absolute Gasteiger partial charge is 0.163 e. The lowest BCUT2D eigenvalue weighted by atomic mass is 9.81. The van der Waals surface area contributed by atoms with E-state index < -0.39 is 11.6 Å². The molecule has 1 rings (SSSR count). The summed E-state index contributed by atoms with van der Waals surface area (Å²) in [5.41, 5.74) is 0.522.